The third-order valence-corrected chi connectivity index (χ3v) is 4.74. The number of thiazole rings is 1. The van der Waals surface area contributed by atoms with Gasteiger partial charge < -0.3 is 15.3 Å². The fourth-order valence-electron chi connectivity index (χ4n) is 2.59. The number of aliphatic hydroxyl groups excluding tert-OH is 1. The van der Waals surface area contributed by atoms with Gasteiger partial charge >= 0.3 is 0 Å². The zero-order chi connectivity index (χ0) is 14.7. The highest BCUT2D eigenvalue weighted by molar-refractivity contribution is 7.09. The van der Waals surface area contributed by atoms with Crippen LogP contribution in [-0.2, 0) is 6.54 Å². The third kappa shape index (κ3) is 3.14. The number of aryl methyl sites for hydroxylation is 1. The molecular weight excluding hydrogens is 286 g/mol. The van der Waals surface area contributed by atoms with Crippen LogP contribution in [0.1, 0.15) is 23.4 Å². The van der Waals surface area contributed by atoms with E-state index in [0.717, 1.165) is 43.3 Å². The lowest BCUT2D eigenvalue weighted by molar-refractivity contribution is 0.266. The van der Waals surface area contributed by atoms with E-state index < -0.39 is 0 Å². The van der Waals surface area contributed by atoms with Crippen LogP contribution >= 0.6 is 11.3 Å². The van der Waals surface area contributed by atoms with Crippen LogP contribution < -0.4 is 10.2 Å². The van der Waals surface area contributed by atoms with Crippen LogP contribution in [0.15, 0.2) is 17.9 Å². The molecule has 6 nitrogen and oxygen atoms in total. The molecule has 0 bridgehead atoms. The zero-order valence-corrected chi connectivity index (χ0v) is 12.8. The van der Waals surface area contributed by atoms with Gasteiger partial charge in [-0.3, -0.25) is 0 Å². The predicted molar refractivity (Wildman–Crippen MR) is 83.7 cm³/mol. The van der Waals surface area contributed by atoms with Gasteiger partial charge in [-0.15, -0.1) is 11.3 Å². The molecule has 0 unspecified atom stereocenters. The second kappa shape index (κ2) is 6.36. The predicted octanol–water partition coefficient (Wildman–Crippen LogP) is 1.81. The van der Waals surface area contributed by atoms with E-state index in [-0.39, 0.29) is 12.6 Å². The Labute approximate surface area is 127 Å². The number of anilines is 2. The molecule has 2 aromatic heterocycles. The van der Waals surface area contributed by atoms with E-state index in [1.54, 1.807) is 17.7 Å². The molecule has 112 valence electrons. The number of aliphatic hydroxyl groups is 1. The first-order chi connectivity index (χ1) is 10.3. The Kier molecular flexibility index (Phi) is 4.31. The summed E-state index contributed by atoms with van der Waals surface area (Å²) in [5.74, 6) is 1.68. The van der Waals surface area contributed by atoms with Crippen LogP contribution in [-0.4, -0.2) is 39.3 Å². The Morgan fingerprint density at radius 2 is 2.33 bits per heavy atom. The minimum absolute atomic E-state index is 0.173. The molecule has 0 amide bonds. The van der Waals surface area contributed by atoms with E-state index in [1.807, 2.05) is 18.5 Å². The summed E-state index contributed by atoms with van der Waals surface area (Å²) in [4.78, 5) is 16.2. The van der Waals surface area contributed by atoms with Crippen molar-refractivity contribution >= 4 is 23.0 Å². The molecule has 7 heteroatoms. The van der Waals surface area contributed by atoms with Crippen molar-refractivity contribution in [3.8, 4) is 0 Å². The lowest BCUT2D eigenvalue weighted by Gasteiger charge is -2.24. The molecule has 1 aliphatic heterocycles. The summed E-state index contributed by atoms with van der Waals surface area (Å²) in [6, 6.07) is 2.13. The minimum atomic E-state index is 0.173. The van der Waals surface area contributed by atoms with Gasteiger partial charge in [0.25, 0.3) is 0 Å². The average molecular weight is 305 g/mol. The Morgan fingerprint density at radius 1 is 1.43 bits per heavy atom. The lowest BCUT2D eigenvalue weighted by atomic mass is 10.2. The molecular formula is C14H19N5OS. The number of nitrogens with zero attached hydrogens (tertiary/aromatic N) is 4. The molecule has 1 aliphatic rings. The van der Waals surface area contributed by atoms with E-state index in [2.05, 4.69) is 25.2 Å². The van der Waals surface area contributed by atoms with Crippen molar-refractivity contribution in [1.82, 2.24) is 15.0 Å². The Balaban J connectivity index is 1.70. The van der Waals surface area contributed by atoms with Crippen molar-refractivity contribution in [2.45, 2.75) is 32.4 Å². The summed E-state index contributed by atoms with van der Waals surface area (Å²) in [7, 11) is 0. The molecule has 1 atom stereocenters. The van der Waals surface area contributed by atoms with Crippen LogP contribution in [0.25, 0.3) is 0 Å². The maximum absolute atomic E-state index is 9.42. The van der Waals surface area contributed by atoms with Crippen molar-refractivity contribution in [2.75, 3.05) is 23.4 Å². The van der Waals surface area contributed by atoms with E-state index in [9.17, 15) is 5.11 Å². The quantitative estimate of drug-likeness (QED) is 0.877. The van der Waals surface area contributed by atoms with Gasteiger partial charge in [-0.1, -0.05) is 0 Å². The molecule has 3 rings (SSSR count). The second-order valence-corrected chi connectivity index (χ2v) is 6.09. The molecule has 3 heterocycles. The minimum Gasteiger partial charge on any atom is -0.394 e. The second-order valence-electron chi connectivity index (χ2n) is 5.15. The van der Waals surface area contributed by atoms with Crippen molar-refractivity contribution in [2.24, 2.45) is 0 Å². The van der Waals surface area contributed by atoms with Gasteiger partial charge in [-0.2, -0.15) is 0 Å². The standard InChI is InChI=1S/C14H19N5OS/c1-10-12(21-9-18-10)6-15-13-5-14(17-8-16-13)19-4-2-3-11(19)7-20/h5,8-9,11,20H,2-4,6-7H2,1H3,(H,15,16,17)/t11-/m1/s1. The normalized spacial score (nSPS) is 18.2. The summed E-state index contributed by atoms with van der Waals surface area (Å²) >= 11 is 1.64. The van der Waals surface area contributed by atoms with Crippen LogP contribution in [0.2, 0.25) is 0 Å². The molecule has 2 N–H and O–H groups in total. The Bertz CT molecular complexity index is 603. The van der Waals surface area contributed by atoms with Gasteiger partial charge in [0.1, 0.15) is 18.0 Å². The number of hydrogen-bond donors (Lipinski definition) is 2. The molecule has 0 aliphatic carbocycles. The van der Waals surface area contributed by atoms with Crippen molar-refractivity contribution in [1.29, 1.82) is 0 Å². The van der Waals surface area contributed by atoms with Gasteiger partial charge in [0, 0.05) is 17.5 Å². The van der Waals surface area contributed by atoms with Gasteiger partial charge in [-0.05, 0) is 19.8 Å². The van der Waals surface area contributed by atoms with Crippen molar-refractivity contribution in [3.63, 3.8) is 0 Å². The highest BCUT2D eigenvalue weighted by Crippen LogP contribution is 2.24. The van der Waals surface area contributed by atoms with Crippen molar-refractivity contribution in [3.05, 3.63) is 28.5 Å². The highest BCUT2D eigenvalue weighted by atomic mass is 32.1. The maximum Gasteiger partial charge on any atom is 0.134 e. The fourth-order valence-corrected chi connectivity index (χ4v) is 3.31. The summed E-state index contributed by atoms with van der Waals surface area (Å²) in [6.45, 7) is 3.84. The first-order valence-electron chi connectivity index (χ1n) is 7.10. The molecule has 21 heavy (non-hydrogen) atoms. The molecule has 2 aromatic rings. The first kappa shape index (κ1) is 14.2. The van der Waals surface area contributed by atoms with Crippen LogP contribution in [0.3, 0.4) is 0 Å². The first-order valence-corrected chi connectivity index (χ1v) is 7.98. The molecule has 1 fully saturated rings. The van der Waals surface area contributed by atoms with E-state index in [4.69, 9.17) is 0 Å². The van der Waals surface area contributed by atoms with E-state index >= 15 is 0 Å². The largest absolute Gasteiger partial charge is 0.394 e. The highest BCUT2D eigenvalue weighted by Gasteiger charge is 2.25. The van der Waals surface area contributed by atoms with Crippen LogP contribution in [0, 0.1) is 6.92 Å². The summed E-state index contributed by atoms with van der Waals surface area (Å²) in [5.41, 5.74) is 2.91. The van der Waals surface area contributed by atoms with Gasteiger partial charge in [-0.25, -0.2) is 15.0 Å². The molecule has 1 saturated heterocycles. The van der Waals surface area contributed by atoms with Gasteiger partial charge in [0.2, 0.25) is 0 Å². The number of hydrogen-bond acceptors (Lipinski definition) is 7. The Morgan fingerprint density at radius 3 is 3.10 bits per heavy atom. The van der Waals surface area contributed by atoms with E-state index in [0.29, 0.717) is 0 Å². The molecule has 0 aromatic carbocycles. The fraction of sp³-hybridized carbons (Fsp3) is 0.500. The number of aromatic nitrogens is 3. The average Bonchev–Trinajstić information content (AvgIpc) is 3.14. The molecule has 0 radical (unpaired) electrons. The maximum atomic E-state index is 9.42. The topological polar surface area (TPSA) is 74.2 Å². The molecule has 0 spiro atoms. The van der Waals surface area contributed by atoms with Gasteiger partial charge in [0.05, 0.1) is 30.4 Å². The summed E-state index contributed by atoms with van der Waals surface area (Å²) in [5, 5.41) is 12.7. The zero-order valence-electron chi connectivity index (χ0n) is 12.0. The Hall–Kier alpha value is -1.73. The van der Waals surface area contributed by atoms with Crippen LogP contribution in [0.5, 0.6) is 0 Å². The number of rotatable bonds is 5. The number of nitrogens with one attached hydrogen (secondary N) is 1. The summed E-state index contributed by atoms with van der Waals surface area (Å²) < 4.78 is 0. The SMILES string of the molecule is Cc1ncsc1CNc1cc(N2CCC[C@@H]2CO)ncn1. The van der Waals surface area contributed by atoms with Crippen molar-refractivity contribution < 1.29 is 5.11 Å². The third-order valence-electron chi connectivity index (χ3n) is 3.81. The summed E-state index contributed by atoms with van der Waals surface area (Å²) in [6.07, 6.45) is 3.69. The van der Waals surface area contributed by atoms with E-state index in [1.165, 1.54) is 4.88 Å². The van der Waals surface area contributed by atoms with Crippen LogP contribution in [0.4, 0.5) is 11.6 Å². The smallest absolute Gasteiger partial charge is 0.134 e. The monoisotopic (exact) mass is 305 g/mol. The van der Waals surface area contributed by atoms with Gasteiger partial charge in [0.15, 0.2) is 0 Å². The lowest BCUT2D eigenvalue weighted by Crippen LogP contribution is -2.32. The molecule has 0 saturated carbocycles.